The number of anilines is 1. The molecule has 7 nitrogen and oxygen atoms in total. The lowest BCUT2D eigenvalue weighted by Crippen LogP contribution is -2.53. The van der Waals surface area contributed by atoms with Gasteiger partial charge in [0.1, 0.15) is 21.9 Å². The molecule has 1 N–H and O–H groups in total. The first-order valence-corrected chi connectivity index (χ1v) is 6.53. The third-order valence-electron chi connectivity index (χ3n) is 3.39. The highest BCUT2D eigenvalue weighted by Crippen LogP contribution is 2.28. The molecule has 1 fully saturated rings. The van der Waals surface area contributed by atoms with Crippen LogP contribution in [0.25, 0.3) is 15.9 Å². The third kappa shape index (κ3) is 2.84. The van der Waals surface area contributed by atoms with Crippen LogP contribution in [0.3, 0.4) is 0 Å². The molecule has 2 aromatic rings. The maximum atomic E-state index is 12.7. The van der Waals surface area contributed by atoms with E-state index >= 15 is 0 Å². The highest BCUT2D eigenvalue weighted by atomic mass is 16.2. The van der Waals surface area contributed by atoms with E-state index in [2.05, 4.69) is 19.8 Å². The highest BCUT2D eigenvalue weighted by Gasteiger charge is 2.33. The number of aromatic amines is 1. The van der Waals surface area contributed by atoms with Crippen LogP contribution in [0.5, 0.6) is 0 Å². The number of H-pyrrole nitrogens is 1. The van der Waals surface area contributed by atoms with Crippen LogP contribution in [0, 0.1) is 12.5 Å². The van der Waals surface area contributed by atoms with Crippen LogP contribution >= 0.6 is 0 Å². The minimum Gasteiger partial charge on any atom is -0.354 e. The number of likely N-dealkylation sites (tertiary alicyclic amines) is 1. The van der Waals surface area contributed by atoms with E-state index in [1.165, 1.54) is 0 Å². The maximum Gasteiger partial charge on any atom is 0.302 e. The topological polar surface area (TPSA) is 69.5 Å². The summed E-state index contributed by atoms with van der Waals surface area (Å²) >= 11 is 0. The second-order valence-electron chi connectivity index (χ2n) is 4.71. The van der Waals surface area contributed by atoms with Gasteiger partial charge in [-0.2, -0.15) is 0 Å². The van der Waals surface area contributed by atoms with Crippen molar-refractivity contribution in [1.82, 2.24) is 19.9 Å². The Hall–Kier alpha value is -2.62. The summed E-state index contributed by atoms with van der Waals surface area (Å²) in [7, 11) is 0. The second kappa shape index (κ2) is 6.24. The van der Waals surface area contributed by atoms with Crippen molar-refractivity contribution in [2.45, 2.75) is 19.3 Å². The van der Waals surface area contributed by atoms with Crippen LogP contribution in [-0.4, -0.2) is 58.3 Å². The summed E-state index contributed by atoms with van der Waals surface area (Å²) < 4.78 is 105. The number of carbonyl (C=O) groups is 1. The predicted octanol–water partition coefficient (Wildman–Crippen LogP) is 1.55. The van der Waals surface area contributed by atoms with Crippen LogP contribution in [-0.2, 0) is 4.79 Å². The van der Waals surface area contributed by atoms with Crippen molar-refractivity contribution in [2.24, 2.45) is 5.89 Å². The number of amides is 1. The molecule has 1 aliphatic rings. The Morgan fingerprint density at radius 2 is 2.70 bits per heavy atom. The van der Waals surface area contributed by atoms with Gasteiger partial charge in [-0.15, -0.1) is 0 Å². The van der Waals surface area contributed by atoms with Gasteiger partial charge in [0.25, 0.3) is 6.50 Å². The van der Waals surface area contributed by atoms with Gasteiger partial charge in [0.15, 0.2) is 0 Å². The van der Waals surface area contributed by atoms with Gasteiger partial charge >= 0.3 is 5.91 Å². The van der Waals surface area contributed by atoms with E-state index in [-0.39, 0.29) is 10.5 Å². The number of hydrogen-bond acceptors (Lipinski definition) is 4. The molecule has 120 valence electrons. The molecule has 3 heterocycles. The van der Waals surface area contributed by atoms with Crippen LogP contribution in [0.15, 0.2) is 18.5 Å². The van der Waals surface area contributed by atoms with Gasteiger partial charge in [0.05, 0.1) is 15.5 Å². The van der Waals surface area contributed by atoms with E-state index < -0.39 is 87.4 Å². The molecular formula is C16H20N6O. The minimum atomic E-state index is -3.44. The van der Waals surface area contributed by atoms with Gasteiger partial charge in [0.2, 0.25) is 0 Å². The zero-order chi connectivity index (χ0) is 27.6. The summed E-state index contributed by atoms with van der Waals surface area (Å²) in [5, 5.41) is -0.424. The van der Waals surface area contributed by atoms with Gasteiger partial charge in [-0.25, -0.2) is 16.5 Å². The van der Waals surface area contributed by atoms with Gasteiger partial charge < -0.3 is 19.6 Å². The molecule has 0 aromatic carbocycles. The molecule has 1 aliphatic heterocycles. The fourth-order valence-electron chi connectivity index (χ4n) is 2.23. The molecule has 2 atom stereocenters. The van der Waals surface area contributed by atoms with E-state index in [0.717, 1.165) is 0 Å². The van der Waals surface area contributed by atoms with Crippen molar-refractivity contribution in [3.05, 3.63) is 29.9 Å². The normalized spacial score (nSPS) is 37.5. The number of likely N-dealkylation sites (N-methyl/N-ethyl adjacent to an activating group) is 1. The summed E-state index contributed by atoms with van der Waals surface area (Å²) in [5.41, 5.74) is -0.310. The number of aromatic nitrogens is 3. The molecule has 1 saturated heterocycles. The number of nitrogens with zero attached hydrogens (tertiary/aromatic N) is 5. The number of nitrogens with one attached hydrogen (secondary N) is 1. The van der Waals surface area contributed by atoms with Crippen LogP contribution in [0.1, 0.15) is 31.1 Å². The fraction of sp³-hybridized carbons (Fsp3) is 0.500. The molecule has 0 spiro atoms. The lowest BCUT2D eigenvalue weighted by Gasteiger charge is -2.41. The van der Waals surface area contributed by atoms with E-state index in [1.807, 2.05) is 0 Å². The van der Waals surface area contributed by atoms with Crippen molar-refractivity contribution >= 4 is 22.8 Å². The largest absolute Gasteiger partial charge is 0.354 e. The number of carbonyl (C=O) groups excluding carboxylic acids is 1. The monoisotopic (exact) mass is 325 g/mol. The molecular weight excluding hydrogens is 292 g/mol. The van der Waals surface area contributed by atoms with Crippen LogP contribution in [0.4, 0.5) is 5.82 Å². The van der Waals surface area contributed by atoms with E-state index in [9.17, 15) is 6.17 Å². The molecule has 0 radical (unpaired) electrons. The number of hydrogen-bond donors (Lipinski definition) is 1. The lowest BCUT2D eigenvalue weighted by molar-refractivity contribution is -0.130. The average Bonchev–Trinajstić information content (AvgIpc) is 3.01. The zero-order valence-electron chi connectivity index (χ0n) is 24.8. The Balaban J connectivity index is 2.38. The smallest absolute Gasteiger partial charge is 0.302 e. The lowest BCUT2D eigenvalue weighted by atomic mass is 9.92. The number of rotatable bonds is 3. The molecule has 1 amide bonds. The Morgan fingerprint density at radius 3 is 3.48 bits per heavy atom. The third-order valence-corrected chi connectivity index (χ3v) is 3.39. The van der Waals surface area contributed by atoms with Crippen molar-refractivity contribution in [2.75, 3.05) is 31.5 Å². The van der Waals surface area contributed by atoms with Gasteiger partial charge in [-0.05, 0) is 18.4 Å². The standard InChI is InChI=1S/C16H20N6O/c1-11-5-7-22(14(23)8-17-2)9-13(11)21(3)16-12-4-6-18-15(12)19-10-20-16/h4,6,10-11,13H,5,7-9H2,1,3H3,(H,18,19,20)/t11-,13+/m1/s1/i1D3,3D3,4D,6D,8D2,10D,11D,13D. The summed E-state index contributed by atoms with van der Waals surface area (Å²) in [4.78, 5) is 25.9. The van der Waals surface area contributed by atoms with Crippen LogP contribution in [0.2, 0.25) is 0 Å². The molecule has 3 rings (SSSR count). The summed E-state index contributed by atoms with van der Waals surface area (Å²) in [6.45, 7) is -4.59. The minimum absolute atomic E-state index is 0.138. The first-order valence-electron chi connectivity index (χ1n) is 13.0. The average molecular weight is 325 g/mol. The molecule has 0 aliphatic carbocycles. The zero-order valence-corrected chi connectivity index (χ0v) is 11.8. The molecule has 7 heteroatoms. The van der Waals surface area contributed by atoms with Crippen molar-refractivity contribution in [3.63, 3.8) is 0 Å². The van der Waals surface area contributed by atoms with E-state index in [1.54, 1.807) is 0 Å². The van der Waals surface area contributed by atoms with Crippen LogP contribution < -0.4 is 4.90 Å². The van der Waals surface area contributed by atoms with E-state index in [4.69, 9.17) is 23.0 Å². The first-order chi connectivity index (χ1) is 16.2. The van der Waals surface area contributed by atoms with Crippen molar-refractivity contribution in [1.29, 1.82) is 0 Å². The summed E-state index contributed by atoms with van der Waals surface area (Å²) in [6, 6.07) is -3.70. The Morgan fingerprint density at radius 1 is 1.78 bits per heavy atom. The number of fused-ring (bicyclic) bond motifs is 1. The Kier molecular flexibility index (Phi) is 1.66. The molecule has 0 bridgehead atoms. The first kappa shape index (κ1) is 6.11. The quantitative estimate of drug-likeness (QED) is 0.869. The second-order valence-corrected chi connectivity index (χ2v) is 4.71. The van der Waals surface area contributed by atoms with Crippen molar-refractivity contribution < 1.29 is 22.6 Å². The Labute approximate surface area is 153 Å². The summed E-state index contributed by atoms with van der Waals surface area (Å²) in [6.07, 6.45) is -2.13. The van der Waals surface area contributed by atoms with Gasteiger partial charge in [-0.1, -0.05) is 6.85 Å². The van der Waals surface area contributed by atoms with Gasteiger partial charge in [-0.3, -0.25) is 4.79 Å². The predicted molar refractivity (Wildman–Crippen MR) is 87.9 cm³/mol. The summed E-state index contributed by atoms with van der Waals surface area (Å²) in [5.74, 6) is -5.15. The molecule has 23 heavy (non-hydrogen) atoms. The highest BCUT2D eigenvalue weighted by molar-refractivity contribution is 5.87. The van der Waals surface area contributed by atoms with E-state index in [0.29, 0.717) is 4.90 Å². The van der Waals surface area contributed by atoms with Crippen molar-refractivity contribution in [3.8, 4) is 0 Å². The molecule has 2 aromatic heterocycles. The molecule has 0 saturated carbocycles. The SMILES string of the molecule is [2H]c1nc(N(C([2H])([2H])[2H])[C@@]2([2H])CN(C(=O)C([2H])([2H])[N+]#[C-])CC[C@@]2([2H])C([2H])([2H])[2H])c2c([2H])c([2H])[nH]c2n1. The molecule has 0 unspecified atom stereocenters. The Bertz CT molecular complexity index is 1250. The van der Waals surface area contributed by atoms with Gasteiger partial charge in [0, 0.05) is 35.8 Å². The fourth-order valence-corrected chi connectivity index (χ4v) is 2.23. The maximum absolute atomic E-state index is 12.7. The number of piperidine rings is 1.